The number of Topliss-reactive ketones (excluding diaryl/α,β-unsaturated/α-hetero) is 1. The van der Waals surface area contributed by atoms with Crippen LogP contribution in [0.25, 0.3) is 16.0 Å². The third-order valence-electron chi connectivity index (χ3n) is 7.03. The summed E-state index contributed by atoms with van der Waals surface area (Å²) in [6.07, 6.45) is -2.99. The van der Waals surface area contributed by atoms with Crippen LogP contribution in [0.3, 0.4) is 0 Å². The van der Waals surface area contributed by atoms with Gasteiger partial charge in [0, 0.05) is 30.2 Å². The first kappa shape index (κ1) is 31.7. The number of halogens is 3. The Bertz CT molecular complexity index is 1550. The van der Waals surface area contributed by atoms with E-state index in [9.17, 15) is 22.8 Å². The molecule has 1 N–H and O–H groups in total. The summed E-state index contributed by atoms with van der Waals surface area (Å²) in [5, 5.41) is 3.41. The van der Waals surface area contributed by atoms with Gasteiger partial charge in [-0.05, 0) is 93.4 Å². The van der Waals surface area contributed by atoms with Crippen LogP contribution in [0.4, 0.5) is 35.9 Å². The SMILES string of the molecule is [C-]#[N+]c1ccc(N2C(=O)C(C)(C)N(c3ccc(-c4ccc(NCCCCOCC(C)=O)cc4)cc3)C2=S)cc1C(F)(F)F. The number of hydrogen-bond donors (Lipinski definition) is 1. The van der Waals surface area contributed by atoms with Gasteiger partial charge in [-0.2, -0.15) is 13.2 Å². The predicted molar refractivity (Wildman–Crippen MR) is 165 cm³/mol. The molecule has 1 fully saturated rings. The highest BCUT2D eigenvalue weighted by molar-refractivity contribution is 7.81. The number of alkyl halides is 3. The summed E-state index contributed by atoms with van der Waals surface area (Å²) < 4.78 is 46.1. The van der Waals surface area contributed by atoms with Gasteiger partial charge in [-0.25, -0.2) is 4.85 Å². The van der Waals surface area contributed by atoms with E-state index in [2.05, 4.69) is 10.2 Å². The molecule has 4 rings (SSSR count). The summed E-state index contributed by atoms with van der Waals surface area (Å²) in [5.41, 5.74) is 0.647. The first-order valence-corrected chi connectivity index (χ1v) is 14.0. The van der Waals surface area contributed by atoms with Gasteiger partial charge in [-0.15, -0.1) is 0 Å². The predicted octanol–water partition coefficient (Wildman–Crippen LogP) is 7.64. The maximum Gasteiger partial charge on any atom is 0.407 e. The van der Waals surface area contributed by atoms with E-state index in [1.165, 1.54) is 13.0 Å². The monoisotopic (exact) mass is 608 g/mol. The van der Waals surface area contributed by atoms with E-state index >= 15 is 0 Å². The van der Waals surface area contributed by atoms with Crippen molar-refractivity contribution < 1.29 is 27.5 Å². The molecular weight excluding hydrogens is 577 g/mol. The topological polar surface area (TPSA) is 66.2 Å². The molecule has 43 heavy (non-hydrogen) atoms. The quantitative estimate of drug-likeness (QED) is 0.137. The molecule has 0 saturated carbocycles. The van der Waals surface area contributed by atoms with Gasteiger partial charge in [-0.3, -0.25) is 14.5 Å². The Morgan fingerprint density at radius 2 is 1.60 bits per heavy atom. The number of amides is 1. The zero-order valence-electron chi connectivity index (χ0n) is 24.0. The van der Waals surface area contributed by atoms with Gasteiger partial charge in [0.15, 0.2) is 16.6 Å². The largest absolute Gasteiger partial charge is 0.407 e. The van der Waals surface area contributed by atoms with Crippen LogP contribution in [0.5, 0.6) is 0 Å². The summed E-state index contributed by atoms with van der Waals surface area (Å²) in [5.74, 6) is -0.457. The van der Waals surface area contributed by atoms with Gasteiger partial charge >= 0.3 is 6.18 Å². The molecule has 0 unspecified atom stereocenters. The molecule has 1 aliphatic rings. The first-order valence-electron chi connectivity index (χ1n) is 13.6. The number of unbranched alkanes of at least 4 members (excludes halogenated alkanes) is 1. The minimum Gasteiger partial charge on any atom is -0.385 e. The lowest BCUT2D eigenvalue weighted by molar-refractivity contribution is -0.137. The number of benzene rings is 3. The standard InChI is InChI=1S/C32H31F3N4O3S/c1-21(40)20-42-18-6-5-17-37-24-11-7-22(8-12-24)23-9-13-25(14-10-23)39-30(43)38(29(41)31(39,2)3)26-15-16-28(36-4)27(19-26)32(33,34)35/h7-16,19,37H,5-6,17-18,20H2,1-3H3. The summed E-state index contributed by atoms with van der Waals surface area (Å²) in [6.45, 7) is 13.4. The number of nitrogens with one attached hydrogen (secondary N) is 1. The van der Waals surface area contributed by atoms with Crippen molar-refractivity contribution >= 4 is 51.8 Å². The Hall–Kier alpha value is -4.27. The number of thiocarbonyl (C=S) groups is 1. The zero-order chi connectivity index (χ0) is 31.4. The molecule has 0 radical (unpaired) electrons. The van der Waals surface area contributed by atoms with Gasteiger partial charge < -0.3 is 15.0 Å². The van der Waals surface area contributed by atoms with E-state index in [0.29, 0.717) is 12.3 Å². The van der Waals surface area contributed by atoms with Crippen molar-refractivity contribution in [3.05, 3.63) is 83.7 Å². The summed E-state index contributed by atoms with van der Waals surface area (Å²) >= 11 is 5.63. The number of hydrogen-bond acceptors (Lipinski definition) is 5. The normalized spacial score (nSPS) is 14.6. The Balaban J connectivity index is 1.45. The molecule has 0 aliphatic carbocycles. The molecule has 0 bridgehead atoms. The number of rotatable bonds is 11. The van der Waals surface area contributed by atoms with Crippen molar-refractivity contribution in [3.63, 3.8) is 0 Å². The molecule has 3 aromatic rings. The van der Waals surface area contributed by atoms with E-state index < -0.39 is 28.9 Å². The second kappa shape index (κ2) is 12.9. The second-order valence-electron chi connectivity index (χ2n) is 10.6. The number of ketones is 1. The van der Waals surface area contributed by atoms with Crippen molar-refractivity contribution in [3.8, 4) is 11.1 Å². The Morgan fingerprint density at radius 3 is 2.19 bits per heavy atom. The molecule has 0 spiro atoms. The van der Waals surface area contributed by atoms with Crippen LogP contribution >= 0.6 is 12.2 Å². The fraction of sp³-hybridized carbons (Fsp3) is 0.312. The molecule has 0 atom stereocenters. The average Bonchev–Trinajstić information content (AvgIpc) is 3.14. The lowest BCUT2D eigenvalue weighted by Crippen LogP contribution is -2.44. The Kier molecular flexibility index (Phi) is 9.52. The number of carbonyl (C=O) groups is 2. The fourth-order valence-corrected chi connectivity index (χ4v) is 5.33. The van der Waals surface area contributed by atoms with Crippen molar-refractivity contribution in [2.45, 2.75) is 45.3 Å². The molecule has 1 saturated heterocycles. The Labute approximate surface area is 254 Å². The maximum atomic E-state index is 13.6. The summed E-state index contributed by atoms with van der Waals surface area (Å²) in [6, 6.07) is 18.6. The minimum atomic E-state index is -4.76. The van der Waals surface area contributed by atoms with E-state index in [1.807, 2.05) is 48.5 Å². The first-order chi connectivity index (χ1) is 20.3. The van der Waals surface area contributed by atoms with Crippen LogP contribution in [0.15, 0.2) is 66.7 Å². The van der Waals surface area contributed by atoms with E-state index in [1.54, 1.807) is 18.7 Å². The van der Waals surface area contributed by atoms with Gasteiger partial charge in [0.2, 0.25) is 0 Å². The fourth-order valence-electron chi connectivity index (χ4n) is 4.80. The van der Waals surface area contributed by atoms with Crippen LogP contribution < -0.4 is 15.1 Å². The molecule has 0 aromatic heterocycles. The van der Waals surface area contributed by atoms with Crippen LogP contribution in [-0.2, 0) is 20.5 Å². The Morgan fingerprint density at radius 1 is 1.00 bits per heavy atom. The third kappa shape index (κ3) is 7.04. The van der Waals surface area contributed by atoms with Gasteiger partial charge in [0.1, 0.15) is 12.1 Å². The van der Waals surface area contributed by atoms with Crippen molar-refractivity contribution in [1.29, 1.82) is 0 Å². The maximum absolute atomic E-state index is 13.6. The van der Waals surface area contributed by atoms with Gasteiger partial charge in [0.25, 0.3) is 5.91 Å². The molecule has 11 heteroatoms. The van der Waals surface area contributed by atoms with Crippen LogP contribution in [0, 0.1) is 6.57 Å². The minimum absolute atomic E-state index is 0.0180. The highest BCUT2D eigenvalue weighted by Gasteiger charge is 2.50. The number of carbonyl (C=O) groups excluding carboxylic acids is 2. The molecule has 7 nitrogen and oxygen atoms in total. The zero-order valence-corrected chi connectivity index (χ0v) is 24.8. The average molecular weight is 609 g/mol. The summed E-state index contributed by atoms with van der Waals surface area (Å²) in [4.78, 5) is 30.0. The number of nitrogens with zero attached hydrogens (tertiary/aromatic N) is 3. The highest BCUT2D eigenvalue weighted by Crippen LogP contribution is 2.42. The summed E-state index contributed by atoms with van der Waals surface area (Å²) in [7, 11) is 0. The van der Waals surface area contributed by atoms with E-state index in [4.69, 9.17) is 23.5 Å². The van der Waals surface area contributed by atoms with Crippen LogP contribution in [-0.4, -0.2) is 42.1 Å². The molecule has 1 aliphatic heterocycles. The van der Waals surface area contributed by atoms with Crippen molar-refractivity contribution in [2.24, 2.45) is 0 Å². The molecule has 224 valence electrons. The van der Waals surface area contributed by atoms with Crippen molar-refractivity contribution in [2.75, 3.05) is 34.9 Å². The number of ether oxygens (including phenoxy) is 1. The highest BCUT2D eigenvalue weighted by atomic mass is 32.1. The second-order valence-corrected chi connectivity index (χ2v) is 11.0. The van der Waals surface area contributed by atoms with Crippen molar-refractivity contribution in [1.82, 2.24) is 0 Å². The van der Waals surface area contributed by atoms with E-state index in [0.717, 1.165) is 53.2 Å². The lowest BCUT2D eigenvalue weighted by Gasteiger charge is -2.29. The molecular formula is C32H31F3N4O3S. The van der Waals surface area contributed by atoms with Gasteiger partial charge in [0.05, 0.1) is 12.1 Å². The van der Waals surface area contributed by atoms with E-state index in [-0.39, 0.29) is 23.2 Å². The molecule has 1 heterocycles. The smallest absolute Gasteiger partial charge is 0.385 e. The molecule has 3 aromatic carbocycles. The molecule has 1 amide bonds. The third-order valence-corrected chi connectivity index (χ3v) is 7.39. The van der Waals surface area contributed by atoms with Crippen LogP contribution in [0.1, 0.15) is 39.2 Å². The lowest BCUT2D eigenvalue weighted by atomic mass is 10.0. The van der Waals surface area contributed by atoms with Gasteiger partial charge in [-0.1, -0.05) is 30.3 Å². The number of anilines is 3. The van der Waals surface area contributed by atoms with Crippen LogP contribution in [0.2, 0.25) is 0 Å².